The van der Waals surface area contributed by atoms with E-state index in [0.717, 1.165) is 14.7 Å². The summed E-state index contributed by atoms with van der Waals surface area (Å²) in [5.41, 5.74) is 2.46. The van der Waals surface area contributed by atoms with E-state index in [2.05, 4.69) is 32.3 Å². The molecule has 49 heavy (non-hydrogen) atoms. The number of benzene rings is 3. The summed E-state index contributed by atoms with van der Waals surface area (Å²) in [7, 11) is 1.27. The van der Waals surface area contributed by atoms with Crippen LogP contribution < -0.4 is 29.1 Å². The van der Waals surface area contributed by atoms with E-state index in [9.17, 15) is 14.4 Å². The first-order chi connectivity index (χ1) is 23.5. The quantitative estimate of drug-likeness (QED) is 0.122. The largest absolute Gasteiger partial charge is 0.490 e. The minimum Gasteiger partial charge on any atom is -0.490 e. The van der Waals surface area contributed by atoms with Crippen molar-refractivity contribution in [1.29, 1.82) is 0 Å². The van der Waals surface area contributed by atoms with Crippen LogP contribution in [0.5, 0.6) is 17.2 Å². The standard InChI is InChI=1S/C35H31Cl2IN2O8S/c1-5-45-28-15-21(9-12-27(28)48-18-30(41)44-4)32-31(34(43)46-6-2)19(3)39-35-40(32)33(42)29(49-35)14-20-7-11-26(25(38)13-20)47-17-22-8-10-23(36)16-24(22)37/h7-16,32H,5-6,17-18H2,1-4H3/b29-14-/t32-/m1/s1. The molecule has 0 unspecified atom stereocenters. The summed E-state index contributed by atoms with van der Waals surface area (Å²) in [6, 6.07) is 15.0. The first-order valence-electron chi connectivity index (χ1n) is 15.1. The molecule has 1 atom stereocenters. The van der Waals surface area contributed by atoms with Crippen LogP contribution in [0.25, 0.3) is 6.08 Å². The van der Waals surface area contributed by atoms with Crippen LogP contribution in [-0.4, -0.2) is 43.4 Å². The Kier molecular flexibility index (Phi) is 12.1. The molecule has 0 saturated heterocycles. The van der Waals surface area contributed by atoms with Crippen LogP contribution in [0.3, 0.4) is 0 Å². The molecule has 5 rings (SSSR count). The summed E-state index contributed by atoms with van der Waals surface area (Å²) in [6.45, 7) is 5.62. The van der Waals surface area contributed by atoms with Crippen molar-refractivity contribution in [1.82, 2.24) is 4.57 Å². The number of halogens is 3. The maximum Gasteiger partial charge on any atom is 0.343 e. The molecule has 256 valence electrons. The van der Waals surface area contributed by atoms with Crippen molar-refractivity contribution in [3.05, 3.63) is 116 Å². The van der Waals surface area contributed by atoms with Crippen LogP contribution in [0, 0.1) is 3.57 Å². The topological polar surface area (TPSA) is 115 Å². The summed E-state index contributed by atoms with van der Waals surface area (Å²) in [4.78, 5) is 44.3. The van der Waals surface area contributed by atoms with Crippen molar-refractivity contribution in [2.45, 2.75) is 33.4 Å². The van der Waals surface area contributed by atoms with E-state index in [1.54, 1.807) is 50.3 Å². The lowest BCUT2D eigenvalue weighted by atomic mass is 9.95. The number of thiazole rings is 1. The Hall–Kier alpha value is -3.85. The zero-order valence-corrected chi connectivity index (χ0v) is 31.4. The monoisotopic (exact) mass is 836 g/mol. The number of allylic oxidation sites excluding steroid dienone is 1. The zero-order valence-electron chi connectivity index (χ0n) is 26.9. The molecule has 14 heteroatoms. The number of carbonyl (C=O) groups is 2. The molecule has 0 radical (unpaired) electrons. The molecule has 2 heterocycles. The van der Waals surface area contributed by atoms with E-state index < -0.39 is 18.0 Å². The molecule has 0 bridgehead atoms. The first kappa shape index (κ1) is 36.4. The molecule has 1 aromatic heterocycles. The maximum absolute atomic E-state index is 14.1. The van der Waals surface area contributed by atoms with Gasteiger partial charge in [0.1, 0.15) is 12.4 Å². The van der Waals surface area contributed by atoms with Gasteiger partial charge in [0.15, 0.2) is 22.9 Å². The number of hydrogen-bond acceptors (Lipinski definition) is 10. The summed E-state index contributed by atoms with van der Waals surface area (Å²) in [5, 5.41) is 1.07. The zero-order chi connectivity index (χ0) is 35.2. The van der Waals surface area contributed by atoms with Gasteiger partial charge >= 0.3 is 11.9 Å². The minimum absolute atomic E-state index is 0.141. The number of ether oxygens (including phenoxy) is 5. The van der Waals surface area contributed by atoms with Gasteiger partial charge in [-0.2, -0.15) is 0 Å². The van der Waals surface area contributed by atoms with Gasteiger partial charge in [-0.1, -0.05) is 52.7 Å². The number of rotatable bonds is 12. The highest BCUT2D eigenvalue weighted by molar-refractivity contribution is 14.1. The molecule has 0 saturated carbocycles. The predicted molar refractivity (Wildman–Crippen MR) is 195 cm³/mol. The highest BCUT2D eigenvalue weighted by Gasteiger charge is 2.34. The van der Waals surface area contributed by atoms with Gasteiger partial charge in [0.05, 0.1) is 45.7 Å². The minimum atomic E-state index is -0.873. The van der Waals surface area contributed by atoms with Gasteiger partial charge in [-0.15, -0.1) is 0 Å². The van der Waals surface area contributed by atoms with Crippen molar-refractivity contribution in [3.8, 4) is 17.2 Å². The van der Waals surface area contributed by atoms with Crippen molar-refractivity contribution >= 4 is 75.1 Å². The van der Waals surface area contributed by atoms with E-state index in [1.807, 2.05) is 31.2 Å². The van der Waals surface area contributed by atoms with Crippen LogP contribution >= 0.6 is 57.1 Å². The molecule has 0 aliphatic carbocycles. The number of esters is 2. The van der Waals surface area contributed by atoms with Crippen LogP contribution in [0.1, 0.15) is 43.5 Å². The molecule has 1 aliphatic rings. The Labute approximate surface area is 309 Å². The summed E-state index contributed by atoms with van der Waals surface area (Å²) < 4.78 is 30.3. The Bertz CT molecular complexity index is 2130. The SMILES string of the molecule is CCOC(=O)C1=C(C)N=c2s/c(=C\c3ccc(OCc4ccc(Cl)cc4Cl)c(I)c3)c(=O)n2[C@@H]1c1ccc(OCC(=O)OC)c(OCC)c1. The molecule has 0 spiro atoms. The molecule has 4 aromatic rings. The van der Waals surface area contributed by atoms with Crippen molar-refractivity contribution in [2.24, 2.45) is 4.99 Å². The molecule has 1 aliphatic heterocycles. The Morgan fingerprint density at radius 3 is 2.45 bits per heavy atom. The molecule has 0 amide bonds. The highest BCUT2D eigenvalue weighted by atomic mass is 127. The van der Waals surface area contributed by atoms with Gasteiger partial charge in [0.2, 0.25) is 0 Å². The lowest BCUT2D eigenvalue weighted by Crippen LogP contribution is -2.40. The van der Waals surface area contributed by atoms with Gasteiger partial charge in [0, 0.05) is 15.6 Å². The third-order valence-corrected chi connectivity index (χ3v) is 9.74. The molecule has 0 N–H and O–H groups in total. The maximum atomic E-state index is 14.1. The number of hydrogen-bond donors (Lipinski definition) is 0. The second-order valence-electron chi connectivity index (χ2n) is 10.5. The normalized spacial score (nSPS) is 14.2. The fourth-order valence-corrected chi connectivity index (χ4v) is 7.26. The van der Waals surface area contributed by atoms with Crippen LogP contribution in [-0.2, 0) is 25.7 Å². The summed E-state index contributed by atoms with van der Waals surface area (Å²) in [6.07, 6.45) is 1.78. The Morgan fingerprint density at radius 1 is 0.980 bits per heavy atom. The van der Waals surface area contributed by atoms with E-state index in [4.69, 9.17) is 42.1 Å². The van der Waals surface area contributed by atoms with E-state index in [0.29, 0.717) is 54.5 Å². The van der Waals surface area contributed by atoms with Gasteiger partial charge in [0.25, 0.3) is 5.56 Å². The number of aromatic nitrogens is 1. The number of carbonyl (C=O) groups excluding carboxylic acids is 2. The first-order valence-corrected chi connectivity index (χ1v) is 17.7. The summed E-state index contributed by atoms with van der Waals surface area (Å²) >= 11 is 15.7. The van der Waals surface area contributed by atoms with Gasteiger partial charge in [-0.05, 0) is 97.0 Å². The third kappa shape index (κ3) is 8.31. The fourth-order valence-electron chi connectivity index (χ4n) is 5.05. The van der Waals surface area contributed by atoms with E-state index >= 15 is 0 Å². The highest BCUT2D eigenvalue weighted by Crippen LogP contribution is 2.36. The molecule has 3 aromatic carbocycles. The fraction of sp³-hybridized carbons (Fsp3) is 0.257. The Morgan fingerprint density at radius 2 is 1.76 bits per heavy atom. The van der Waals surface area contributed by atoms with Gasteiger partial charge in [-0.3, -0.25) is 9.36 Å². The number of methoxy groups -OCH3 is 1. The molecule has 0 fully saturated rings. The average molecular weight is 838 g/mol. The van der Waals surface area contributed by atoms with E-state index in [-0.39, 0.29) is 31.0 Å². The number of fused-ring (bicyclic) bond motifs is 1. The van der Waals surface area contributed by atoms with Crippen LogP contribution in [0.15, 0.2) is 75.7 Å². The van der Waals surface area contributed by atoms with Crippen molar-refractivity contribution in [2.75, 3.05) is 26.9 Å². The summed E-state index contributed by atoms with van der Waals surface area (Å²) in [5.74, 6) is 0.154. The lowest BCUT2D eigenvalue weighted by Gasteiger charge is -2.25. The van der Waals surface area contributed by atoms with Crippen molar-refractivity contribution in [3.63, 3.8) is 0 Å². The smallest absolute Gasteiger partial charge is 0.343 e. The predicted octanol–water partition coefficient (Wildman–Crippen LogP) is 6.24. The van der Waals surface area contributed by atoms with Gasteiger partial charge < -0.3 is 23.7 Å². The molecular formula is C35H31Cl2IN2O8S. The molecular weight excluding hydrogens is 806 g/mol. The second kappa shape index (κ2) is 16.2. The van der Waals surface area contributed by atoms with Gasteiger partial charge in [-0.25, -0.2) is 14.6 Å². The van der Waals surface area contributed by atoms with Crippen LogP contribution in [0.2, 0.25) is 10.0 Å². The lowest BCUT2D eigenvalue weighted by molar-refractivity contribution is -0.143. The van der Waals surface area contributed by atoms with Crippen LogP contribution in [0.4, 0.5) is 0 Å². The van der Waals surface area contributed by atoms with Crippen molar-refractivity contribution < 1.29 is 33.3 Å². The third-order valence-electron chi connectivity index (χ3n) is 7.33. The van der Waals surface area contributed by atoms with E-state index in [1.165, 1.54) is 23.0 Å². The Balaban J connectivity index is 1.53. The number of nitrogens with zero attached hydrogens (tertiary/aromatic N) is 2. The molecule has 10 nitrogen and oxygen atoms in total. The average Bonchev–Trinajstić information content (AvgIpc) is 3.37. The second-order valence-corrected chi connectivity index (χ2v) is 13.5.